The number of aliphatic imine (C=N–C) groups is 2. The Hall–Kier alpha value is -8.84. The SMILES string of the molecule is CN(Cc1ccc(OC(=O)c2ccc(N=C(N)N)cc2)cc1)S(=O)(=O)N(CCOCCOCCN([C@@H](CC(=O)O)C(=O)O)S(=O)(=O)N(C)Cc1ccc(OC(=O)c2ccc(N=C(N)N)cc2)cc1)[C@@H](CC(=O)O)C(=O)O.O=C(O)C(F)(F)F. The van der Waals surface area contributed by atoms with Crippen LogP contribution >= 0.6 is 0 Å². The topological polar surface area (TPSA) is 468 Å². The smallest absolute Gasteiger partial charge is 0.481 e. The summed E-state index contributed by atoms with van der Waals surface area (Å²) >= 11 is 0. The first-order valence-electron chi connectivity index (χ1n) is 23.6. The predicted octanol–water partition coefficient (Wildman–Crippen LogP) is 1.11. The number of aliphatic carboxylic acids is 5. The van der Waals surface area contributed by atoms with Crippen LogP contribution in [-0.4, -0.2) is 185 Å². The summed E-state index contributed by atoms with van der Waals surface area (Å²) in [4.78, 5) is 89.9. The molecule has 0 saturated carbocycles. The fraction of sp³-hybridized carbons (Fsp3) is 0.312. The minimum Gasteiger partial charge on any atom is -0.481 e. The summed E-state index contributed by atoms with van der Waals surface area (Å²) in [6, 6.07) is 18.9. The average Bonchev–Trinajstić information content (AvgIpc) is 3.60. The van der Waals surface area contributed by atoms with E-state index in [1.165, 1.54) is 97.1 Å². The number of alkyl halides is 3. The predicted molar refractivity (Wildman–Crippen MR) is 283 cm³/mol. The van der Waals surface area contributed by atoms with Crippen molar-refractivity contribution in [3.8, 4) is 11.5 Å². The molecule has 0 unspecified atom stereocenters. The molecular weight excluding hydrogens is 1160 g/mol. The molecule has 4 aromatic carbocycles. The number of benzene rings is 4. The lowest BCUT2D eigenvalue weighted by atomic mass is 10.2. The van der Waals surface area contributed by atoms with E-state index in [4.69, 9.17) is 51.8 Å². The number of hydrogen-bond acceptors (Lipinski definition) is 17. The van der Waals surface area contributed by atoms with Crippen LogP contribution in [0.4, 0.5) is 24.5 Å². The standard InChI is InChI=1S/C46H56N10O18S2.C2HF3O2/c1-53(27-29-3-15-35(16-4-29)73-43(65)31-7-11-33(12-8-31)51-45(47)48)75(67,68)55(37(41(61)62)25-39(57)58)19-21-71-23-24-72-22-20-56(38(42(63)64)26-40(59)60)76(69,70)54(2)28-30-5-17-36(18-6-30)74-44(66)32-9-13-34(14-10-32)52-46(49)50;3-2(4,5)1(6)7/h3-18,37-38H,19-28H2,1-2H3,(H,57,58)(H,59,60)(H,61,62)(H,63,64)(H4,47,48,51)(H4,49,50,52);(H,6,7)/t37-,38-;/m0./s1. The first kappa shape index (κ1) is 68.4. The fourth-order valence-corrected chi connectivity index (χ4v) is 9.71. The highest BCUT2D eigenvalue weighted by atomic mass is 32.2. The van der Waals surface area contributed by atoms with E-state index in [2.05, 4.69) is 9.98 Å². The van der Waals surface area contributed by atoms with E-state index < -0.39 is 120 Å². The first-order valence-corrected chi connectivity index (χ1v) is 26.3. The van der Waals surface area contributed by atoms with Gasteiger partial charge < -0.3 is 67.4 Å². The molecule has 0 bridgehead atoms. The molecule has 0 aliphatic heterocycles. The van der Waals surface area contributed by atoms with Crippen molar-refractivity contribution in [1.82, 2.24) is 17.2 Å². The van der Waals surface area contributed by atoms with Crippen LogP contribution in [0, 0.1) is 0 Å². The van der Waals surface area contributed by atoms with Gasteiger partial charge in [0.2, 0.25) is 0 Å². The Labute approximate surface area is 470 Å². The molecule has 0 radical (unpaired) electrons. The monoisotopic (exact) mass is 1210 g/mol. The van der Waals surface area contributed by atoms with E-state index >= 15 is 0 Å². The normalized spacial score (nSPS) is 12.3. The number of carbonyl (C=O) groups is 7. The van der Waals surface area contributed by atoms with E-state index in [1.54, 1.807) is 0 Å². The van der Waals surface area contributed by atoms with Crippen LogP contribution in [0.25, 0.3) is 0 Å². The number of nitrogens with zero attached hydrogens (tertiary/aromatic N) is 6. The number of carboxylic acid groups (broad SMARTS) is 5. The molecule has 0 heterocycles. The Balaban J connectivity index is 0.00000241. The molecule has 0 aromatic heterocycles. The Bertz CT molecular complexity index is 2990. The minimum atomic E-state index is -5.08. The van der Waals surface area contributed by atoms with Gasteiger partial charge in [-0.3, -0.25) is 19.2 Å². The van der Waals surface area contributed by atoms with Crippen LogP contribution in [-0.2, 0) is 67.0 Å². The highest BCUT2D eigenvalue weighted by molar-refractivity contribution is 7.87. The lowest BCUT2D eigenvalue weighted by Gasteiger charge is -2.31. The lowest BCUT2D eigenvalue weighted by Crippen LogP contribution is -2.52. The van der Waals surface area contributed by atoms with Crippen molar-refractivity contribution in [3.05, 3.63) is 119 Å². The van der Waals surface area contributed by atoms with Gasteiger partial charge in [-0.2, -0.15) is 47.2 Å². The summed E-state index contributed by atoms with van der Waals surface area (Å²) in [5.74, 6) is -11.1. The molecule has 83 heavy (non-hydrogen) atoms. The maximum Gasteiger partial charge on any atom is 0.490 e. The molecular formula is C48H57F3N10O20S2. The maximum atomic E-state index is 13.9. The maximum absolute atomic E-state index is 13.9. The van der Waals surface area contributed by atoms with Crippen molar-refractivity contribution in [2.24, 2.45) is 32.9 Å². The third kappa shape index (κ3) is 22.6. The number of halogens is 3. The molecule has 2 atom stereocenters. The zero-order valence-electron chi connectivity index (χ0n) is 43.8. The quantitative estimate of drug-likeness (QED) is 0.0112. The van der Waals surface area contributed by atoms with E-state index in [9.17, 15) is 79.2 Å². The number of carbonyl (C=O) groups excluding carboxylic acids is 2. The highest BCUT2D eigenvalue weighted by Gasteiger charge is 2.41. The zero-order valence-corrected chi connectivity index (χ0v) is 45.4. The number of hydrogen-bond donors (Lipinski definition) is 9. The van der Waals surface area contributed by atoms with Crippen LogP contribution in [0.5, 0.6) is 11.5 Å². The van der Waals surface area contributed by atoms with Crippen molar-refractivity contribution in [2.45, 2.75) is 44.2 Å². The third-order valence-electron chi connectivity index (χ3n) is 10.7. The van der Waals surface area contributed by atoms with Gasteiger partial charge >= 0.3 is 48.0 Å². The number of carboxylic acids is 5. The summed E-state index contributed by atoms with van der Waals surface area (Å²) in [7, 11) is -7.23. The average molecular weight is 1220 g/mol. The zero-order chi connectivity index (χ0) is 62.4. The largest absolute Gasteiger partial charge is 0.490 e. The molecule has 0 aliphatic rings. The molecule has 4 aromatic rings. The summed E-state index contributed by atoms with van der Waals surface area (Å²) in [5, 5.41) is 45.9. The lowest BCUT2D eigenvalue weighted by molar-refractivity contribution is -0.192. The number of nitrogens with two attached hydrogens (primary N) is 4. The molecule has 4 rings (SSSR count). The molecule has 30 nitrogen and oxygen atoms in total. The molecule has 35 heteroatoms. The van der Waals surface area contributed by atoms with Gasteiger partial charge in [0.1, 0.15) is 23.6 Å². The molecule has 0 aliphatic carbocycles. The number of esters is 2. The van der Waals surface area contributed by atoms with Gasteiger partial charge in [-0.05, 0) is 83.9 Å². The third-order valence-corrected chi connectivity index (χ3v) is 14.6. The summed E-state index contributed by atoms with van der Waals surface area (Å²) in [6.07, 6.45) is -7.33. The molecule has 0 amide bonds. The van der Waals surface area contributed by atoms with Crippen molar-refractivity contribution < 1.29 is 108 Å². The fourth-order valence-electron chi connectivity index (χ4n) is 6.79. The Morgan fingerprint density at radius 1 is 0.518 bits per heavy atom. The molecule has 452 valence electrons. The van der Waals surface area contributed by atoms with Gasteiger partial charge in [0.25, 0.3) is 20.4 Å². The van der Waals surface area contributed by atoms with Gasteiger partial charge in [-0.15, -0.1) is 0 Å². The summed E-state index contributed by atoms with van der Waals surface area (Å²) < 4.78 is 111. The van der Waals surface area contributed by atoms with Crippen molar-refractivity contribution in [2.75, 3.05) is 53.6 Å². The molecule has 13 N–H and O–H groups in total. The van der Waals surface area contributed by atoms with Crippen LogP contribution in [0.1, 0.15) is 44.7 Å². The van der Waals surface area contributed by atoms with E-state index in [0.717, 1.165) is 22.7 Å². The Kier molecular flexibility index (Phi) is 25.9. The Morgan fingerprint density at radius 2 is 0.819 bits per heavy atom. The molecule has 0 spiro atoms. The molecule has 0 fully saturated rings. The van der Waals surface area contributed by atoms with Crippen LogP contribution in [0.2, 0.25) is 0 Å². The van der Waals surface area contributed by atoms with E-state index in [-0.39, 0.29) is 60.8 Å². The second-order valence-corrected chi connectivity index (χ2v) is 20.9. The minimum absolute atomic E-state index is 0.103. The summed E-state index contributed by atoms with van der Waals surface area (Å²) in [5.41, 5.74) is 23.3. The van der Waals surface area contributed by atoms with Gasteiger partial charge in [0.05, 0.1) is 61.8 Å². The van der Waals surface area contributed by atoms with Gasteiger partial charge in [-0.1, -0.05) is 24.3 Å². The molecule has 0 saturated heterocycles. The number of rotatable bonds is 31. The van der Waals surface area contributed by atoms with Crippen LogP contribution in [0.15, 0.2) is 107 Å². The van der Waals surface area contributed by atoms with Gasteiger partial charge in [-0.25, -0.2) is 24.4 Å². The van der Waals surface area contributed by atoms with Crippen LogP contribution in [0.3, 0.4) is 0 Å². The van der Waals surface area contributed by atoms with Crippen molar-refractivity contribution >= 4 is 85.5 Å². The van der Waals surface area contributed by atoms with E-state index in [1.807, 2.05) is 0 Å². The van der Waals surface area contributed by atoms with Crippen molar-refractivity contribution in [3.63, 3.8) is 0 Å². The second-order valence-electron chi connectivity index (χ2n) is 16.9. The second kappa shape index (κ2) is 31.4. The first-order chi connectivity index (χ1) is 38.7. The Morgan fingerprint density at radius 3 is 1.07 bits per heavy atom. The number of ether oxygens (including phenoxy) is 4. The van der Waals surface area contributed by atoms with Gasteiger partial charge in [0, 0.05) is 40.3 Å². The van der Waals surface area contributed by atoms with Crippen LogP contribution < -0.4 is 32.4 Å². The highest BCUT2D eigenvalue weighted by Crippen LogP contribution is 2.23. The van der Waals surface area contributed by atoms with Crippen molar-refractivity contribution in [1.29, 1.82) is 0 Å². The van der Waals surface area contributed by atoms with E-state index in [0.29, 0.717) is 31.1 Å². The summed E-state index contributed by atoms with van der Waals surface area (Å²) in [6.45, 7) is -3.67. The number of guanidine groups is 2. The van der Waals surface area contributed by atoms with Gasteiger partial charge in [0.15, 0.2) is 11.9 Å².